The highest BCUT2D eigenvalue weighted by Crippen LogP contribution is 2.29. The third-order valence-corrected chi connectivity index (χ3v) is 3.51. The first-order valence-electron chi connectivity index (χ1n) is 6.60. The SMILES string of the molecule is CCOC(=O)c1cc2cccc(OC(=S)N(C)C)c2n1C. The number of hydrogen-bond acceptors (Lipinski definition) is 4. The van der Waals surface area contributed by atoms with Gasteiger partial charge in [-0.25, -0.2) is 4.79 Å². The molecule has 0 amide bonds. The van der Waals surface area contributed by atoms with Crippen LogP contribution < -0.4 is 4.74 Å². The van der Waals surface area contributed by atoms with Gasteiger partial charge in [-0.3, -0.25) is 0 Å². The molecule has 0 saturated carbocycles. The van der Waals surface area contributed by atoms with Gasteiger partial charge in [-0.15, -0.1) is 0 Å². The number of para-hydroxylation sites is 1. The number of carbonyl (C=O) groups is 1. The van der Waals surface area contributed by atoms with Gasteiger partial charge in [-0.1, -0.05) is 12.1 Å². The van der Waals surface area contributed by atoms with Crippen LogP contribution in [0, 0.1) is 0 Å². The fourth-order valence-corrected chi connectivity index (χ4v) is 2.14. The maximum Gasteiger partial charge on any atom is 0.354 e. The first-order valence-corrected chi connectivity index (χ1v) is 7.01. The summed E-state index contributed by atoms with van der Waals surface area (Å²) in [5.41, 5.74) is 1.29. The maximum absolute atomic E-state index is 12.0. The molecule has 0 spiro atoms. The molecular formula is C15H18N2O3S. The summed E-state index contributed by atoms with van der Waals surface area (Å²) in [6.45, 7) is 2.12. The Bertz CT molecular complexity index is 692. The van der Waals surface area contributed by atoms with E-state index in [1.807, 2.05) is 32.3 Å². The van der Waals surface area contributed by atoms with Crippen LogP contribution in [0.4, 0.5) is 0 Å². The molecule has 0 radical (unpaired) electrons. The minimum Gasteiger partial charge on any atom is -0.461 e. The van der Waals surface area contributed by atoms with Gasteiger partial charge >= 0.3 is 5.97 Å². The Hall–Kier alpha value is -2.08. The number of nitrogens with zero attached hydrogens (tertiary/aromatic N) is 2. The summed E-state index contributed by atoms with van der Waals surface area (Å²) in [5, 5.41) is 1.26. The molecule has 2 rings (SSSR count). The highest BCUT2D eigenvalue weighted by Gasteiger charge is 2.17. The summed E-state index contributed by atoms with van der Waals surface area (Å²) in [6.07, 6.45) is 0. The van der Waals surface area contributed by atoms with Crippen LogP contribution in [0.5, 0.6) is 5.75 Å². The molecule has 5 nitrogen and oxygen atoms in total. The molecule has 1 aromatic carbocycles. The van der Waals surface area contributed by atoms with Crippen LogP contribution in [0.25, 0.3) is 10.9 Å². The van der Waals surface area contributed by atoms with E-state index < -0.39 is 0 Å². The fraction of sp³-hybridized carbons (Fsp3) is 0.333. The van der Waals surface area contributed by atoms with Crippen molar-refractivity contribution >= 4 is 34.3 Å². The average molecular weight is 306 g/mol. The number of thiocarbonyl (C=S) groups is 1. The van der Waals surface area contributed by atoms with Crippen LogP contribution in [-0.4, -0.2) is 41.3 Å². The minimum atomic E-state index is -0.350. The minimum absolute atomic E-state index is 0.342. The van der Waals surface area contributed by atoms with Crippen molar-refractivity contribution in [2.24, 2.45) is 7.05 Å². The van der Waals surface area contributed by atoms with Crippen molar-refractivity contribution in [1.82, 2.24) is 9.47 Å². The number of carbonyl (C=O) groups excluding carboxylic acids is 1. The lowest BCUT2D eigenvalue weighted by Gasteiger charge is -2.15. The summed E-state index contributed by atoms with van der Waals surface area (Å²) < 4.78 is 12.5. The Morgan fingerprint density at radius 3 is 2.71 bits per heavy atom. The van der Waals surface area contributed by atoms with Gasteiger partial charge in [0.2, 0.25) is 0 Å². The summed E-state index contributed by atoms with van der Waals surface area (Å²) in [6, 6.07) is 7.40. The molecule has 0 saturated heterocycles. The van der Waals surface area contributed by atoms with E-state index in [0.29, 0.717) is 23.2 Å². The highest BCUT2D eigenvalue weighted by molar-refractivity contribution is 7.80. The second-order valence-electron chi connectivity index (χ2n) is 4.77. The van der Waals surface area contributed by atoms with Crippen molar-refractivity contribution < 1.29 is 14.3 Å². The van der Waals surface area contributed by atoms with E-state index in [2.05, 4.69) is 0 Å². The Balaban J connectivity index is 2.49. The van der Waals surface area contributed by atoms with Crippen LogP contribution in [0.3, 0.4) is 0 Å². The molecule has 0 N–H and O–H groups in total. The second-order valence-corrected chi connectivity index (χ2v) is 5.11. The predicted molar refractivity (Wildman–Crippen MR) is 85.8 cm³/mol. The van der Waals surface area contributed by atoms with Crippen molar-refractivity contribution in [3.8, 4) is 5.75 Å². The molecule has 0 unspecified atom stereocenters. The van der Waals surface area contributed by atoms with Gasteiger partial charge in [0.05, 0.1) is 12.1 Å². The maximum atomic E-state index is 12.0. The van der Waals surface area contributed by atoms with E-state index in [0.717, 1.165) is 10.9 Å². The molecule has 21 heavy (non-hydrogen) atoms. The van der Waals surface area contributed by atoms with E-state index in [4.69, 9.17) is 21.7 Å². The quantitative estimate of drug-likeness (QED) is 0.644. The van der Waals surface area contributed by atoms with Crippen molar-refractivity contribution in [3.63, 3.8) is 0 Å². The van der Waals surface area contributed by atoms with Gasteiger partial charge in [0.15, 0.2) is 5.75 Å². The molecular weight excluding hydrogens is 288 g/mol. The molecule has 0 aliphatic carbocycles. The Morgan fingerprint density at radius 2 is 2.10 bits per heavy atom. The number of benzene rings is 1. The molecule has 0 aliphatic rings. The molecule has 0 bridgehead atoms. The first-order chi connectivity index (χ1) is 9.95. The summed E-state index contributed by atoms with van der Waals surface area (Å²) in [5.74, 6) is 0.265. The van der Waals surface area contributed by atoms with Gasteiger partial charge < -0.3 is 18.9 Å². The summed E-state index contributed by atoms with van der Waals surface area (Å²) in [4.78, 5) is 13.7. The predicted octanol–water partition coefficient (Wildman–Crippen LogP) is 2.58. The molecule has 1 heterocycles. The zero-order valence-corrected chi connectivity index (χ0v) is 13.4. The lowest BCUT2D eigenvalue weighted by Crippen LogP contribution is -2.25. The Morgan fingerprint density at radius 1 is 1.38 bits per heavy atom. The Labute approximate surface area is 129 Å². The number of ether oxygens (including phenoxy) is 2. The van der Waals surface area contributed by atoms with Crippen molar-refractivity contribution in [2.45, 2.75) is 6.92 Å². The van der Waals surface area contributed by atoms with Crippen molar-refractivity contribution in [3.05, 3.63) is 30.0 Å². The van der Waals surface area contributed by atoms with Crippen LogP contribution >= 0.6 is 12.2 Å². The smallest absolute Gasteiger partial charge is 0.354 e. The number of aryl methyl sites for hydroxylation is 1. The van der Waals surface area contributed by atoms with Gasteiger partial charge in [-0.2, -0.15) is 0 Å². The molecule has 112 valence electrons. The fourth-order valence-electron chi connectivity index (χ4n) is 2.05. The largest absolute Gasteiger partial charge is 0.461 e. The molecule has 0 fully saturated rings. The summed E-state index contributed by atoms with van der Waals surface area (Å²) >= 11 is 5.17. The molecule has 2 aromatic rings. The number of hydrogen-bond donors (Lipinski definition) is 0. The lowest BCUT2D eigenvalue weighted by atomic mass is 10.2. The van der Waals surface area contributed by atoms with Crippen LogP contribution in [0.15, 0.2) is 24.3 Å². The van der Waals surface area contributed by atoms with E-state index in [1.165, 1.54) is 0 Å². The van der Waals surface area contributed by atoms with E-state index in [1.54, 1.807) is 29.5 Å². The summed E-state index contributed by atoms with van der Waals surface area (Å²) in [7, 11) is 5.44. The molecule has 0 atom stereocenters. The van der Waals surface area contributed by atoms with Crippen LogP contribution in [-0.2, 0) is 11.8 Å². The van der Waals surface area contributed by atoms with Crippen LogP contribution in [0.1, 0.15) is 17.4 Å². The zero-order chi connectivity index (χ0) is 15.6. The van der Waals surface area contributed by atoms with Crippen molar-refractivity contribution in [1.29, 1.82) is 0 Å². The molecule has 6 heteroatoms. The number of rotatable bonds is 3. The van der Waals surface area contributed by atoms with Gasteiger partial charge in [0.25, 0.3) is 5.17 Å². The van der Waals surface area contributed by atoms with E-state index in [9.17, 15) is 4.79 Å². The average Bonchev–Trinajstić information content (AvgIpc) is 2.77. The normalized spacial score (nSPS) is 10.5. The van der Waals surface area contributed by atoms with Gasteiger partial charge in [0, 0.05) is 26.5 Å². The van der Waals surface area contributed by atoms with Gasteiger partial charge in [-0.05, 0) is 31.3 Å². The van der Waals surface area contributed by atoms with Crippen molar-refractivity contribution in [2.75, 3.05) is 20.7 Å². The third-order valence-electron chi connectivity index (χ3n) is 3.07. The number of esters is 1. The lowest BCUT2D eigenvalue weighted by molar-refractivity contribution is 0.0516. The number of fused-ring (bicyclic) bond motifs is 1. The standard InChI is InChI=1S/C15H18N2O3S/c1-5-19-14(18)11-9-10-7-6-8-12(13(10)17(11)4)20-15(21)16(2)3/h6-9H,5H2,1-4H3. The van der Waals surface area contributed by atoms with E-state index in [-0.39, 0.29) is 5.97 Å². The topological polar surface area (TPSA) is 43.7 Å². The Kier molecular flexibility index (Phi) is 4.47. The van der Waals surface area contributed by atoms with E-state index >= 15 is 0 Å². The van der Waals surface area contributed by atoms with Gasteiger partial charge in [0.1, 0.15) is 5.69 Å². The molecule has 0 aliphatic heterocycles. The first kappa shape index (κ1) is 15.3. The highest BCUT2D eigenvalue weighted by atomic mass is 32.1. The van der Waals surface area contributed by atoms with Crippen LogP contribution in [0.2, 0.25) is 0 Å². The monoisotopic (exact) mass is 306 g/mol. The third kappa shape index (κ3) is 3.00. The molecule has 1 aromatic heterocycles. The second kappa shape index (κ2) is 6.13. The zero-order valence-electron chi connectivity index (χ0n) is 12.5. The number of aromatic nitrogens is 1.